The van der Waals surface area contributed by atoms with Crippen molar-refractivity contribution in [3.05, 3.63) is 36.7 Å². The van der Waals surface area contributed by atoms with Crippen LogP contribution in [0.15, 0.2) is 36.7 Å². The monoisotopic (exact) mass is 285 g/mol. The molecule has 1 aliphatic rings. The highest BCUT2D eigenvalue weighted by Crippen LogP contribution is 2.20. The standard InChI is InChI=1S/C15H19N5O/c1-21-13-3-5-15(18-11-13)20-8-6-19(7-9-20)12-2-4-14(16)17-10-12/h2-5,10-11H,6-9H2,1H3,(H2,16,17). The van der Waals surface area contributed by atoms with E-state index in [1.54, 1.807) is 13.3 Å². The third-order valence-corrected chi connectivity index (χ3v) is 3.70. The number of nitrogens with two attached hydrogens (primary N) is 1. The number of ether oxygens (including phenoxy) is 1. The van der Waals surface area contributed by atoms with Gasteiger partial charge >= 0.3 is 0 Å². The molecule has 6 heteroatoms. The highest BCUT2D eigenvalue weighted by Gasteiger charge is 2.18. The lowest BCUT2D eigenvalue weighted by Crippen LogP contribution is -2.46. The van der Waals surface area contributed by atoms with E-state index in [4.69, 9.17) is 10.5 Å². The van der Waals surface area contributed by atoms with Crippen LogP contribution in [0.3, 0.4) is 0 Å². The van der Waals surface area contributed by atoms with Gasteiger partial charge in [-0.25, -0.2) is 9.97 Å². The number of hydrogen-bond acceptors (Lipinski definition) is 6. The Morgan fingerprint density at radius 3 is 2.29 bits per heavy atom. The fraction of sp³-hybridized carbons (Fsp3) is 0.333. The second-order valence-electron chi connectivity index (χ2n) is 4.97. The molecule has 0 aromatic carbocycles. The molecular formula is C15H19N5O. The van der Waals surface area contributed by atoms with Gasteiger partial charge in [0, 0.05) is 26.2 Å². The van der Waals surface area contributed by atoms with Crippen LogP contribution in [0.25, 0.3) is 0 Å². The molecule has 3 heterocycles. The first-order chi connectivity index (χ1) is 10.3. The zero-order valence-corrected chi connectivity index (χ0v) is 12.1. The number of methoxy groups -OCH3 is 1. The highest BCUT2D eigenvalue weighted by atomic mass is 16.5. The highest BCUT2D eigenvalue weighted by molar-refractivity contribution is 5.50. The Morgan fingerprint density at radius 2 is 1.71 bits per heavy atom. The Balaban J connectivity index is 1.62. The van der Waals surface area contributed by atoms with Crippen molar-refractivity contribution in [2.75, 3.05) is 48.8 Å². The Morgan fingerprint density at radius 1 is 0.952 bits per heavy atom. The maximum absolute atomic E-state index is 5.62. The van der Waals surface area contributed by atoms with Gasteiger partial charge in [-0.2, -0.15) is 0 Å². The van der Waals surface area contributed by atoms with Crippen molar-refractivity contribution in [3.8, 4) is 5.75 Å². The SMILES string of the molecule is COc1ccc(N2CCN(c3ccc(N)nc3)CC2)nc1. The Kier molecular flexibility index (Phi) is 3.77. The molecule has 0 unspecified atom stereocenters. The van der Waals surface area contributed by atoms with Gasteiger partial charge in [0.05, 0.1) is 25.2 Å². The van der Waals surface area contributed by atoms with Crippen molar-refractivity contribution < 1.29 is 4.74 Å². The summed E-state index contributed by atoms with van der Waals surface area (Å²) in [5, 5.41) is 0. The van der Waals surface area contributed by atoms with Crippen LogP contribution in [-0.2, 0) is 0 Å². The van der Waals surface area contributed by atoms with Crippen molar-refractivity contribution in [2.45, 2.75) is 0 Å². The van der Waals surface area contributed by atoms with Crippen molar-refractivity contribution >= 4 is 17.3 Å². The minimum Gasteiger partial charge on any atom is -0.495 e. The summed E-state index contributed by atoms with van der Waals surface area (Å²) in [5.41, 5.74) is 6.74. The molecule has 0 spiro atoms. The summed E-state index contributed by atoms with van der Waals surface area (Å²) >= 11 is 0. The van der Waals surface area contributed by atoms with Crippen LogP contribution in [0.1, 0.15) is 0 Å². The van der Waals surface area contributed by atoms with Gasteiger partial charge in [0.2, 0.25) is 0 Å². The molecule has 2 N–H and O–H groups in total. The van der Waals surface area contributed by atoms with E-state index in [1.165, 1.54) is 0 Å². The van der Waals surface area contributed by atoms with Crippen LogP contribution in [-0.4, -0.2) is 43.3 Å². The van der Waals surface area contributed by atoms with Crippen molar-refractivity contribution in [1.29, 1.82) is 0 Å². The predicted molar refractivity (Wildman–Crippen MR) is 83.9 cm³/mol. The van der Waals surface area contributed by atoms with Gasteiger partial charge in [0.25, 0.3) is 0 Å². The maximum atomic E-state index is 5.62. The van der Waals surface area contributed by atoms with Crippen molar-refractivity contribution in [1.82, 2.24) is 9.97 Å². The van der Waals surface area contributed by atoms with E-state index in [2.05, 4.69) is 19.8 Å². The summed E-state index contributed by atoms with van der Waals surface area (Å²) in [7, 11) is 1.65. The van der Waals surface area contributed by atoms with E-state index in [9.17, 15) is 0 Å². The quantitative estimate of drug-likeness (QED) is 0.919. The first-order valence-corrected chi connectivity index (χ1v) is 6.98. The summed E-state index contributed by atoms with van der Waals surface area (Å²) < 4.78 is 5.13. The third-order valence-electron chi connectivity index (χ3n) is 3.70. The molecule has 0 radical (unpaired) electrons. The van der Waals surface area contributed by atoms with Crippen LogP contribution in [0.2, 0.25) is 0 Å². The molecule has 0 aliphatic carbocycles. The third kappa shape index (κ3) is 2.99. The fourth-order valence-corrected chi connectivity index (χ4v) is 2.46. The predicted octanol–water partition coefficient (Wildman–Crippen LogP) is 1.39. The number of nitrogens with zero attached hydrogens (tertiary/aromatic N) is 4. The lowest BCUT2D eigenvalue weighted by molar-refractivity contribution is 0.413. The summed E-state index contributed by atoms with van der Waals surface area (Å²) in [4.78, 5) is 13.2. The Hall–Kier alpha value is -2.50. The van der Waals surface area contributed by atoms with Gasteiger partial charge in [-0.3, -0.25) is 0 Å². The van der Waals surface area contributed by atoms with Gasteiger partial charge in [0.15, 0.2) is 0 Å². The zero-order valence-electron chi connectivity index (χ0n) is 12.1. The molecule has 0 atom stereocenters. The van der Waals surface area contributed by atoms with Crippen LogP contribution in [0.5, 0.6) is 5.75 Å². The number of piperazine rings is 1. The summed E-state index contributed by atoms with van der Waals surface area (Å²) in [5.74, 6) is 2.33. The Bertz CT molecular complexity index is 576. The fourth-order valence-electron chi connectivity index (χ4n) is 2.46. The second kappa shape index (κ2) is 5.87. The van der Waals surface area contributed by atoms with E-state index in [-0.39, 0.29) is 0 Å². The minimum absolute atomic E-state index is 0.555. The molecule has 2 aromatic heterocycles. The van der Waals surface area contributed by atoms with Crippen molar-refractivity contribution in [2.24, 2.45) is 0 Å². The summed E-state index contributed by atoms with van der Waals surface area (Å²) in [6.07, 6.45) is 3.59. The number of nitrogen functional groups attached to an aromatic ring is 1. The molecule has 3 rings (SSSR count). The van der Waals surface area contributed by atoms with Crippen LogP contribution < -0.4 is 20.3 Å². The normalized spacial score (nSPS) is 15.1. The summed E-state index contributed by atoms with van der Waals surface area (Å²) in [6, 6.07) is 7.80. The molecule has 1 aliphatic heterocycles. The van der Waals surface area contributed by atoms with E-state index in [0.717, 1.165) is 43.4 Å². The molecular weight excluding hydrogens is 266 g/mol. The molecule has 6 nitrogen and oxygen atoms in total. The van der Waals surface area contributed by atoms with Gasteiger partial charge in [-0.15, -0.1) is 0 Å². The zero-order chi connectivity index (χ0) is 14.7. The molecule has 0 bridgehead atoms. The van der Waals surface area contributed by atoms with Crippen LogP contribution >= 0.6 is 0 Å². The summed E-state index contributed by atoms with van der Waals surface area (Å²) in [6.45, 7) is 3.76. The number of rotatable bonds is 3. The van der Waals surface area contributed by atoms with E-state index in [0.29, 0.717) is 5.82 Å². The number of pyridine rings is 2. The van der Waals surface area contributed by atoms with Gasteiger partial charge in [0.1, 0.15) is 17.4 Å². The molecule has 0 amide bonds. The van der Waals surface area contributed by atoms with Gasteiger partial charge in [-0.05, 0) is 24.3 Å². The van der Waals surface area contributed by atoms with E-state index < -0.39 is 0 Å². The van der Waals surface area contributed by atoms with Crippen molar-refractivity contribution in [3.63, 3.8) is 0 Å². The molecule has 110 valence electrons. The van der Waals surface area contributed by atoms with Gasteiger partial charge in [-0.1, -0.05) is 0 Å². The molecule has 1 fully saturated rings. The lowest BCUT2D eigenvalue weighted by Gasteiger charge is -2.36. The van der Waals surface area contributed by atoms with Crippen LogP contribution in [0.4, 0.5) is 17.3 Å². The number of hydrogen-bond donors (Lipinski definition) is 1. The van der Waals surface area contributed by atoms with E-state index >= 15 is 0 Å². The maximum Gasteiger partial charge on any atom is 0.137 e. The topological polar surface area (TPSA) is 67.5 Å². The van der Waals surface area contributed by atoms with Crippen LogP contribution in [0, 0.1) is 0 Å². The first-order valence-electron chi connectivity index (χ1n) is 6.98. The number of aromatic nitrogens is 2. The number of anilines is 3. The molecule has 2 aromatic rings. The molecule has 21 heavy (non-hydrogen) atoms. The molecule has 0 saturated carbocycles. The largest absolute Gasteiger partial charge is 0.495 e. The smallest absolute Gasteiger partial charge is 0.137 e. The minimum atomic E-state index is 0.555. The average Bonchev–Trinajstić information content (AvgIpc) is 2.56. The average molecular weight is 285 g/mol. The second-order valence-corrected chi connectivity index (χ2v) is 4.97. The first kappa shape index (κ1) is 13.5. The molecule has 1 saturated heterocycles. The Labute approximate surface area is 124 Å². The van der Waals surface area contributed by atoms with Gasteiger partial charge < -0.3 is 20.3 Å². The lowest BCUT2D eigenvalue weighted by atomic mass is 10.2. The van der Waals surface area contributed by atoms with E-state index in [1.807, 2.05) is 30.5 Å².